The molecule has 6 unspecified atom stereocenters. The van der Waals surface area contributed by atoms with Gasteiger partial charge in [-0.15, -0.1) is 0 Å². The maximum atomic E-state index is 6.74. The molecule has 0 aromatic heterocycles. The fraction of sp³-hybridized carbons (Fsp3) is 0.273. The summed E-state index contributed by atoms with van der Waals surface area (Å²) in [5.74, 6) is 2.76. The van der Waals surface area contributed by atoms with Crippen LogP contribution in [0, 0.1) is 11.8 Å². The number of nitrogens with zero attached hydrogens (tertiary/aromatic N) is 1. The molecule has 0 amide bonds. The van der Waals surface area contributed by atoms with Crippen molar-refractivity contribution in [3.05, 3.63) is 208 Å². The molecule has 0 radical (unpaired) electrons. The van der Waals surface area contributed by atoms with E-state index < -0.39 is 0 Å². The smallest absolute Gasteiger partial charge is 0.129 e. The third-order valence-corrected chi connectivity index (χ3v) is 14.6. The van der Waals surface area contributed by atoms with Crippen LogP contribution in [0.1, 0.15) is 103 Å². The van der Waals surface area contributed by atoms with Gasteiger partial charge in [0, 0.05) is 35.0 Å². The van der Waals surface area contributed by atoms with Crippen LogP contribution in [-0.2, 0) is 10.2 Å². The molecule has 0 bridgehead atoms. The maximum absolute atomic E-state index is 6.74. The number of ether oxygens (including phenoxy) is 1. The van der Waals surface area contributed by atoms with Crippen LogP contribution < -0.4 is 4.90 Å². The van der Waals surface area contributed by atoms with Crippen molar-refractivity contribution >= 4 is 16.9 Å². The van der Waals surface area contributed by atoms with Crippen LogP contribution in [-0.4, -0.2) is 6.10 Å². The second kappa shape index (κ2) is 13.2. The van der Waals surface area contributed by atoms with E-state index in [2.05, 4.69) is 163 Å². The summed E-state index contributed by atoms with van der Waals surface area (Å²) in [7, 11) is 0. The Bertz CT molecular complexity index is 2590. The topological polar surface area (TPSA) is 12.5 Å². The highest BCUT2D eigenvalue weighted by molar-refractivity contribution is 5.89. The summed E-state index contributed by atoms with van der Waals surface area (Å²) in [6.07, 6.45) is 38.2. The molecular weight excluding hydrogens is 691 g/mol. The van der Waals surface area contributed by atoms with Crippen molar-refractivity contribution in [3.63, 3.8) is 0 Å². The molecule has 280 valence electrons. The molecule has 0 fully saturated rings. The van der Waals surface area contributed by atoms with E-state index in [-0.39, 0.29) is 17.4 Å². The quantitative estimate of drug-likeness (QED) is 0.189. The van der Waals surface area contributed by atoms with Crippen molar-refractivity contribution < 1.29 is 4.74 Å². The van der Waals surface area contributed by atoms with E-state index in [1.165, 1.54) is 97.7 Å². The Balaban J connectivity index is 1.09. The molecule has 2 nitrogen and oxygen atoms in total. The van der Waals surface area contributed by atoms with Crippen LogP contribution in [0.2, 0.25) is 0 Å². The Morgan fingerprint density at radius 2 is 1.53 bits per heavy atom. The van der Waals surface area contributed by atoms with E-state index in [0.29, 0.717) is 17.8 Å². The van der Waals surface area contributed by atoms with Crippen LogP contribution in [0.5, 0.6) is 0 Å². The monoisotopic (exact) mass is 739 g/mol. The van der Waals surface area contributed by atoms with Gasteiger partial charge in [-0.05, 0) is 150 Å². The zero-order valence-corrected chi connectivity index (χ0v) is 32.6. The van der Waals surface area contributed by atoms with Gasteiger partial charge in [-0.2, -0.15) is 0 Å². The number of fused-ring (bicyclic) bond motifs is 12. The highest BCUT2D eigenvalue weighted by atomic mass is 16.5. The minimum atomic E-state index is -0.221. The Labute approximate surface area is 337 Å². The number of rotatable bonds is 5. The lowest BCUT2D eigenvalue weighted by atomic mass is 9.63. The minimum absolute atomic E-state index is 0.00388. The van der Waals surface area contributed by atoms with Gasteiger partial charge in [-0.1, -0.05) is 121 Å². The third-order valence-electron chi connectivity index (χ3n) is 14.6. The minimum Gasteiger partial charge on any atom is -0.489 e. The van der Waals surface area contributed by atoms with Gasteiger partial charge in [0.2, 0.25) is 0 Å². The second-order valence-electron chi connectivity index (χ2n) is 17.4. The first kappa shape index (κ1) is 33.5. The van der Waals surface area contributed by atoms with E-state index in [1.54, 1.807) is 0 Å². The van der Waals surface area contributed by atoms with E-state index in [1.807, 2.05) is 0 Å². The molecule has 0 saturated carbocycles. The maximum Gasteiger partial charge on any atom is 0.129 e. The van der Waals surface area contributed by atoms with Crippen LogP contribution >= 0.6 is 0 Å². The van der Waals surface area contributed by atoms with Crippen LogP contribution in [0.3, 0.4) is 0 Å². The first-order valence-corrected chi connectivity index (χ1v) is 21.7. The van der Waals surface area contributed by atoms with Gasteiger partial charge in [0.15, 0.2) is 0 Å². The first-order valence-electron chi connectivity index (χ1n) is 21.7. The van der Waals surface area contributed by atoms with Crippen molar-refractivity contribution in [2.75, 3.05) is 4.90 Å². The van der Waals surface area contributed by atoms with Gasteiger partial charge in [0.25, 0.3) is 0 Å². The van der Waals surface area contributed by atoms with E-state index in [9.17, 15) is 0 Å². The number of allylic oxidation sites excluding steroid dienone is 13. The van der Waals surface area contributed by atoms with Gasteiger partial charge < -0.3 is 9.64 Å². The van der Waals surface area contributed by atoms with Crippen molar-refractivity contribution in [1.82, 2.24) is 0 Å². The van der Waals surface area contributed by atoms with Crippen molar-refractivity contribution in [2.45, 2.75) is 81.1 Å². The molecule has 4 aromatic carbocycles. The predicted molar refractivity (Wildman–Crippen MR) is 234 cm³/mol. The predicted octanol–water partition coefficient (Wildman–Crippen LogP) is 13.8. The zero-order valence-electron chi connectivity index (χ0n) is 32.6. The lowest BCUT2D eigenvalue weighted by molar-refractivity contribution is 0.154. The summed E-state index contributed by atoms with van der Waals surface area (Å²) in [5.41, 5.74) is 18.0. The summed E-state index contributed by atoms with van der Waals surface area (Å²) in [5, 5.41) is 0. The highest BCUT2D eigenvalue weighted by Crippen LogP contribution is 2.67. The van der Waals surface area contributed by atoms with Crippen molar-refractivity contribution in [1.29, 1.82) is 0 Å². The van der Waals surface area contributed by atoms with Gasteiger partial charge in [-0.25, -0.2) is 0 Å². The number of anilines is 2. The molecule has 0 saturated heterocycles. The lowest BCUT2D eigenvalue weighted by Gasteiger charge is -2.39. The van der Waals surface area contributed by atoms with Crippen molar-refractivity contribution in [3.8, 4) is 11.1 Å². The van der Waals surface area contributed by atoms with E-state index >= 15 is 0 Å². The SMILES string of the molecule is C1=CCCC(c2cccc(N(C3=CC=CC4OC5=C(C=CCC5)C34)c3ccc4c(c3)C3(c5cc(C6CC=CCC6)ccc5-4)c4ccccc4C4C=CCCC43)c2)=C1. The van der Waals surface area contributed by atoms with E-state index in [0.717, 1.165) is 38.5 Å². The summed E-state index contributed by atoms with van der Waals surface area (Å²) in [6, 6.07) is 34.0. The number of benzene rings is 4. The molecule has 6 atom stereocenters. The summed E-state index contributed by atoms with van der Waals surface area (Å²) in [4.78, 5) is 2.60. The Hall–Kier alpha value is -5.60. The molecule has 7 aliphatic carbocycles. The molecule has 4 aromatic rings. The first-order chi connectivity index (χ1) is 28.3. The molecule has 57 heavy (non-hydrogen) atoms. The molecule has 12 rings (SSSR count). The molecule has 1 heterocycles. The zero-order chi connectivity index (χ0) is 37.5. The molecule has 1 spiro atoms. The molecule has 1 aliphatic heterocycles. The average molecular weight is 740 g/mol. The summed E-state index contributed by atoms with van der Waals surface area (Å²) >= 11 is 0. The third kappa shape index (κ3) is 5.02. The van der Waals surface area contributed by atoms with Crippen molar-refractivity contribution in [2.24, 2.45) is 11.8 Å². The second-order valence-corrected chi connectivity index (χ2v) is 17.4. The van der Waals surface area contributed by atoms with E-state index in [4.69, 9.17) is 4.74 Å². The Morgan fingerprint density at radius 3 is 2.44 bits per heavy atom. The average Bonchev–Trinajstić information content (AvgIpc) is 3.91. The molecular formula is C55H49NO. The van der Waals surface area contributed by atoms with Crippen LogP contribution in [0.25, 0.3) is 16.7 Å². The van der Waals surface area contributed by atoms with Gasteiger partial charge in [0.05, 0.1) is 11.3 Å². The van der Waals surface area contributed by atoms with Gasteiger partial charge in [0.1, 0.15) is 11.9 Å². The Morgan fingerprint density at radius 1 is 0.649 bits per heavy atom. The van der Waals surface area contributed by atoms with Crippen LogP contribution in [0.4, 0.5) is 11.4 Å². The summed E-state index contributed by atoms with van der Waals surface area (Å²) < 4.78 is 6.74. The standard InChI is InChI=1S/C55H49NO/c1-3-15-36(16-4-1)38-19-13-20-40(33-38)56(51-26-14-28-53-54(51)46-23-9-12-27-52(46)57-53)41-30-32-45-44-31-29-39(37-17-5-2-6-18-37)34-49(44)55(50(45)35-41)47-24-10-7-21-42(47)43-22-8-11-25-48(43)55/h1-3,5,7-10,13-15,19-24,26,28-35,37,43,48,53-54H,4,6,11-12,16-18,25,27H2. The Kier molecular flexibility index (Phi) is 7.79. The fourth-order valence-electron chi connectivity index (χ4n) is 12.2. The van der Waals surface area contributed by atoms with Gasteiger partial charge >= 0.3 is 0 Å². The number of hydrogen-bond donors (Lipinski definition) is 0. The fourth-order valence-corrected chi connectivity index (χ4v) is 12.2. The van der Waals surface area contributed by atoms with Crippen LogP contribution in [0.15, 0.2) is 175 Å². The molecule has 2 heteroatoms. The largest absolute Gasteiger partial charge is 0.489 e. The summed E-state index contributed by atoms with van der Waals surface area (Å²) in [6.45, 7) is 0. The van der Waals surface area contributed by atoms with Gasteiger partial charge in [-0.3, -0.25) is 0 Å². The normalized spacial score (nSPS) is 28.2. The molecule has 8 aliphatic rings. The highest BCUT2D eigenvalue weighted by Gasteiger charge is 2.58. The lowest BCUT2D eigenvalue weighted by Crippen LogP contribution is -2.35. The molecule has 0 N–H and O–H groups in total. The number of hydrogen-bond acceptors (Lipinski definition) is 2.